The Hall–Kier alpha value is -0.260. The first-order valence-electron chi connectivity index (χ1n) is 11.6. The molecule has 0 aromatic heterocycles. The third-order valence-corrected chi connectivity index (χ3v) is 7.13. The van der Waals surface area contributed by atoms with Gasteiger partial charge in [0.05, 0.1) is 31.5 Å². The van der Waals surface area contributed by atoms with Crippen LogP contribution < -0.4 is 15.0 Å². The number of anilines is 1. The van der Waals surface area contributed by atoms with Gasteiger partial charge in [0, 0.05) is 38.8 Å². The number of likely N-dealkylation sites (tertiary alicyclic amines) is 1. The number of hydrogen-bond acceptors (Lipinski definition) is 8. The average molecular weight is 580 g/mol. The molecule has 12 heteroatoms. The lowest BCUT2D eigenvalue weighted by Gasteiger charge is -2.41. The van der Waals surface area contributed by atoms with E-state index in [1.807, 2.05) is 18.2 Å². The third-order valence-electron chi connectivity index (χ3n) is 7.13. The number of aliphatic hydroxyl groups is 2. The van der Waals surface area contributed by atoms with E-state index in [2.05, 4.69) is 33.1 Å². The van der Waals surface area contributed by atoms with Gasteiger partial charge in [0.2, 0.25) is 0 Å². The molecule has 35 heavy (non-hydrogen) atoms. The highest BCUT2D eigenvalue weighted by molar-refractivity contribution is 5.86. The molecule has 8 nitrogen and oxygen atoms in total. The van der Waals surface area contributed by atoms with Crippen molar-refractivity contribution in [3.05, 3.63) is 24.3 Å². The molecule has 0 unspecified atom stereocenters. The Labute approximate surface area is 234 Å². The molecule has 3 fully saturated rings. The van der Waals surface area contributed by atoms with Crippen LogP contribution >= 0.6 is 49.6 Å². The third kappa shape index (κ3) is 8.37. The molecule has 3 saturated heterocycles. The second-order valence-electron chi connectivity index (χ2n) is 9.06. The zero-order chi connectivity index (χ0) is 21.8. The number of ether oxygens (including phenoxy) is 2. The number of hydrogen-bond donors (Lipinski definition) is 3. The minimum atomic E-state index is -0.674. The molecule has 0 saturated carbocycles. The van der Waals surface area contributed by atoms with E-state index in [4.69, 9.17) is 9.47 Å². The summed E-state index contributed by atoms with van der Waals surface area (Å²) in [7, 11) is 3.87. The summed E-state index contributed by atoms with van der Waals surface area (Å²) in [6, 6.07) is 8.51. The molecule has 3 aliphatic heterocycles. The van der Waals surface area contributed by atoms with Crippen LogP contribution in [0.2, 0.25) is 0 Å². The minimum Gasteiger partial charge on any atom is -0.495 e. The van der Waals surface area contributed by atoms with Crippen LogP contribution in [-0.4, -0.2) is 117 Å². The quantitative estimate of drug-likeness (QED) is 0.450. The Balaban J connectivity index is 0.00000289. The van der Waals surface area contributed by atoms with Crippen molar-refractivity contribution in [2.45, 2.75) is 43.2 Å². The normalized spacial score (nSPS) is 27.7. The fourth-order valence-corrected chi connectivity index (χ4v) is 5.24. The van der Waals surface area contributed by atoms with Crippen LogP contribution in [0.4, 0.5) is 5.69 Å². The molecule has 3 aliphatic rings. The second kappa shape index (κ2) is 16.6. The minimum absolute atomic E-state index is 0. The molecule has 3 heterocycles. The molecule has 3 N–H and O–H groups in total. The Bertz CT molecular complexity index is 710. The number of rotatable bonds is 7. The van der Waals surface area contributed by atoms with Crippen molar-refractivity contribution >= 4 is 55.3 Å². The van der Waals surface area contributed by atoms with Crippen molar-refractivity contribution < 1.29 is 19.7 Å². The van der Waals surface area contributed by atoms with E-state index < -0.39 is 12.2 Å². The van der Waals surface area contributed by atoms with E-state index >= 15 is 0 Å². The molecular formula is C23H42Cl4N4O4. The van der Waals surface area contributed by atoms with Gasteiger partial charge in [0.15, 0.2) is 0 Å². The highest BCUT2D eigenvalue weighted by Gasteiger charge is 2.46. The van der Waals surface area contributed by atoms with E-state index in [1.54, 1.807) is 7.11 Å². The molecule has 0 aliphatic carbocycles. The Morgan fingerprint density at radius 2 is 1.60 bits per heavy atom. The van der Waals surface area contributed by atoms with Crippen molar-refractivity contribution in [2.75, 3.05) is 71.5 Å². The number of para-hydroxylation sites is 2. The van der Waals surface area contributed by atoms with Crippen molar-refractivity contribution in [3.63, 3.8) is 0 Å². The summed E-state index contributed by atoms with van der Waals surface area (Å²) in [5, 5.41) is 24.3. The summed E-state index contributed by atoms with van der Waals surface area (Å²) >= 11 is 0. The molecule has 1 aromatic carbocycles. The van der Waals surface area contributed by atoms with Gasteiger partial charge >= 0.3 is 0 Å². The van der Waals surface area contributed by atoms with E-state index in [0.717, 1.165) is 63.5 Å². The number of benzene rings is 1. The molecular weight excluding hydrogens is 538 g/mol. The van der Waals surface area contributed by atoms with Gasteiger partial charge in [-0.1, -0.05) is 12.1 Å². The Kier molecular flexibility index (Phi) is 16.4. The SMILES string of the molecule is COc1ccccc1N1CCN([C@@H]2[C@H](O)[C@H](CO)O[C@@H]2CNC2CCN(C)CC2)CC1.Cl.Cl.Cl.Cl. The predicted octanol–water partition coefficient (Wildman–Crippen LogP) is 1.68. The first-order chi connectivity index (χ1) is 15.1. The highest BCUT2D eigenvalue weighted by atomic mass is 35.5. The van der Waals surface area contributed by atoms with Gasteiger partial charge in [-0.3, -0.25) is 4.90 Å². The monoisotopic (exact) mass is 578 g/mol. The first kappa shape index (κ1) is 34.7. The van der Waals surface area contributed by atoms with Gasteiger partial charge in [0.1, 0.15) is 18.0 Å². The van der Waals surface area contributed by atoms with E-state index in [0.29, 0.717) is 12.6 Å². The van der Waals surface area contributed by atoms with Crippen LogP contribution in [0, 0.1) is 0 Å². The molecule has 0 radical (unpaired) electrons. The number of aliphatic hydroxyl groups excluding tert-OH is 2. The standard InChI is InChI=1S/C23H38N4O4.4ClH/c1-25-9-7-17(8-10-25)24-15-20-22(23(29)21(16-28)31-20)27-13-11-26(12-14-27)18-5-3-4-6-19(18)30-2;;;;/h3-6,17,20-24,28-29H,7-16H2,1-2H3;4*1H/t20-,21+,22+,23-;;;;/m1..../s1. The Morgan fingerprint density at radius 1 is 0.971 bits per heavy atom. The van der Waals surface area contributed by atoms with Crippen LogP contribution in [0.5, 0.6) is 5.75 Å². The smallest absolute Gasteiger partial charge is 0.142 e. The molecule has 4 rings (SSSR count). The fraction of sp³-hybridized carbons (Fsp3) is 0.739. The van der Waals surface area contributed by atoms with Gasteiger partial charge in [-0.2, -0.15) is 0 Å². The molecule has 206 valence electrons. The van der Waals surface area contributed by atoms with Gasteiger partial charge in [-0.05, 0) is 45.1 Å². The summed E-state index contributed by atoms with van der Waals surface area (Å²) in [6.45, 7) is 6.19. The lowest BCUT2D eigenvalue weighted by Crippen LogP contribution is -2.58. The van der Waals surface area contributed by atoms with Crippen LogP contribution in [0.25, 0.3) is 0 Å². The summed E-state index contributed by atoms with van der Waals surface area (Å²) in [5.74, 6) is 0.890. The summed E-state index contributed by atoms with van der Waals surface area (Å²) in [5.41, 5.74) is 1.11. The predicted molar refractivity (Wildman–Crippen MR) is 150 cm³/mol. The number of piperidine rings is 1. The fourth-order valence-electron chi connectivity index (χ4n) is 5.24. The van der Waals surface area contributed by atoms with E-state index in [9.17, 15) is 10.2 Å². The van der Waals surface area contributed by atoms with E-state index in [-0.39, 0.29) is 68.4 Å². The number of methoxy groups -OCH3 is 1. The van der Waals surface area contributed by atoms with Crippen molar-refractivity contribution in [1.29, 1.82) is 0 Å². The van der Waals surface area contributed by atoms with Crippen molar-refractivity contribution in [2.24, 2.45) is 0 Å². The van der Waals surface area contributed by atoms with Gasteiger partial charge < -0.3 is 34.8 Å². The zero-order valence-corrected chi connectivity index (χ0v) is 23.7. The summed E-state index contributed by atoms with van der Waals surface area (Å²) in [4.78, 5) is 7.04. The maximum atomic E-state index is 10.9. The van der Waals surface area contributed by atoms with Crippen LogP contribution in [0.15, 0.2) is 24.3 Å². The van der Waals surface area contributed by atoms with Gasteiger partial charge in [-0.25, -0.2) is 0 Å². The van der Waals surface area contributed by atoms with Crippen molar-refractivity contribution in [3.8, 4) is 5.75 Å². The molecule has 0 bridgehead atoms. The van der Waals surface area contributed by atoms with Crippen molar-refractivity contribution in [1.82, 2.24) is 15.1 Å². The molecule has 0 spiro atoms. The van der Waals surface area contributed by atoms with Crippen LogP contribution in [-0.2, 0) is 4.74 Å². The number of nitrogens with one attached hydrogen (secondary N) is 1. The zero-order valence-electron chi connectivity index (χ0n) is 20.5. The van der Waals surface area contributed by atoms with Crippen LogP contribution in [0.3, 0.4) is 0 Å². The summed E-state index contributed by atoms with van der Waals surface area (Å²) in [6.07, 6.45) is 0.966. The van der Waals surface area contributed by atoms with Gasteiger partial charge in [0.25, 0.3) is 0 Å². The topological polar surface area (TPSA) is 80.7 Å². The lowest BCUT2D eigenvalue weighted by atomic mass is 10.00. The molecule has 1 aromatic rings. The highest BCUT2D eigenvalue weighted by Crippen LogP contribution is 2.31. The van der Waals surface area contributed by atoms with Gasteiger partial charge in [-0.15, -0.1) is 49.6 Å². The maximum absolute atomic E-state index is 10.9. The second-order valence-corrected chi connectivity index (χ2v) is 9.06. The van der Waals surface area contributed by atoms with E-state index in [1.165, 1.54) is 0 Å². The van der Waals surface area contributed by atoms with Crippen LogP contribution in [0.1, 0.15) is 12.8 Å². The molecule has 0 amide bonds. The maximum Gasteiger partial charge on any atom is 0.142 e. The first-order valence-corrected chi connectivity index (χ1v) is 11.6. The Morgan fingerprint density at radius 3 is 2.20 bits per heavy atom. The number of halogens is 4. The largest absolute Gasteiger partial charge is 0.495 e. The average Bonchev–Trinajstić information content (AvgIpc) is 3.14. The molecule has 4 atom stereocenters. The number of nitrogens with zero attached hydrogens (tertiary/aromatic N) is 3. The lowest BCUT2D eigenvalue weighted by molar-refractivity contribution is -0.0222. The summed E-state index contributed by atoms with van der Waals surface area (Å²) < 4.78 is 11.6. The number of piperazine rings is 1.